The van der Waals surface area contributed by atoms with Gasteiger partial charge >= 0.3 is 0 Å². The lowest BCUT2D eigenvalue weighted by atomic mass is 9.88. The van der Waals surface area contributed by atoms with E-state index in [1.807, 2.05) is 4.90 Å². The van der Waals surface area contributed by atoms with Gasteiger partial charge in [-0.2, -0.15) is 0 Å². The molecule has 142 valence electrons. The van der Waals surface area contributed by atoms with Gasteiger partial charge in [-0.1, -0.05) is 25.7 Å². The molecule has 0 bridgehead atoms. The summed E-state index contributed by atoms with van der Waals surface area (Å²) < 4.78 is 0. The molecular weight excluding hydrogens is 316 g/mol. The summed E-state index contributed by atoms with van der Waals surface area (Å²) in [4.78, 5) is 19.0. The first-order chi connectivity index (χ1) is 12.2. The number of hydrogen-bond acceptors (Lipinski definition) is 3. The van der Waals surface area contributed by atoms with Crippen LogP contribution in [0.3, 0.4) is 0 Å². The molecule has 0 spiro atoms. The van der Waals surface area contributed by atoms with Crippen LogP contribution < -0.4 is 10.6 Å². The van der Waals surface area contributed by atoms with Gasteiger partial charge in [0.15, 0.2) is 5.96 Å². The van der Waals surface area contributed by atoms with Crippen molar-refractivity contribution >= 4 is 11.9 Å². The van der Waals surface area contributed by atoms with Gasteiger partial charge in [0.1, 0.15) is 0 Å². The summed E-state index contributed by atoms with van der Waals surface area (Å²) in [5, 5.41) is 16.7. The van der Waals surface area contributed by atoms with Gasteiger partial charge < -0.3 is 20.6 Å². The molecular formula is C19H34N4O2. The number of aliphatic hydroxyl groups excluding tert-OH is 1. The van der Waals surface area contributed by atoms with E-state index in [0.717, 1.165) is 64.1 Å². The number of aliphatic imine (C=N–C) groups is 1. The van der Waals surface area contributed by atoms with Crippen molar-refractivity contribution in [3.8, 4) is 0 Å². The summed E-state index contributed by atoms with van der Waals surface area (Å²) in [6.45, 7) is 2.39. The van der Waals surface area contributed by atoms with Crippen molar-refractivity contribution in [1.82, 2.24) is 15.5 Å². The van der Waals surface area contributed by atoms with Gasteiger partial charge in [-0.15, -0.1) is 0 Å². The lowest BCUT2D eigenvalue weighted by Crippen LogP contribution is -2.47. The Morgan fingerprint density at radius 1 is 1.12 bits per heavy atom. The van der Waals surface area contributed by atoms with Crippen LogP contribution in [0.2, 0.25) is 0 Å². The van der Waals surface area contributed by atoms with Gasteiger partial charge in [-0.05, 0) is 32.1 Å². The molecule has 2 aliphatic carbocycles. The molecule has 1 aliphatic heterocycles. The average Bonchev–Trinajstić information content (AvgIpc) is 3.27. The Morgan fingerprint density at radius 2 is 1.92 bits per heavy atom. The van der Waals surface area contributed by atoms with Crippen LogP contribution in [0, 0.1) is 11.8 Å². The van der Waals surface area contributed by atoms with Crippen molar-refractivity contribution in [2.45, 2.75) is 69.9 Å². The lowest BCUT2D eigenvalue weighted by molar-refractivity contribution is -0.135. The molecule has 6 nitrogen and oxygen atoms in total. The van der Waals surface area contributed by atoms with Crippen molar-refractivity contribution in [3.05, 3.63) is 0 Å². The molecule has 3 unspecified atom stereocenters. The molecule has 3 fully saturated rings. The first-order valence-electron chi connectivity index (χ1n) is 10.1. The zero-order valence-corrected chi connectivity index (χ0v) is 15.5. The van der Waals surface area contributed by atoms with Gasteiger partial charge in [0.2, 0.25) is 5.91 Å². The average molecular weight is 351 g/mol. The molecule has 0 aromatic carbocycles. The third kappa shape index (κ3) is 4.87. The van der Waals surface area contributed by atoms with Crippen LogP contribution >= 0.6 is 0 Å². The third-order valence-electron chi connectivity index (χ3n) is 6.17. The van der Waals surface area contributed by atoms with E-state index in [1.54, 1.807) is 7.05 Å². The topological polar surface area (TPSA) is 77.0 Å². The fraction of sp³-hybridized carbons (Fsp3) is 0.895. The van der Waals surface area contributed by atoms with Crippen LogP contribution in [0.4, 0.5) is 0 Å². The van der Waals surface area contributed by atoms with E-state index in [0.29, 0.717) is 11.8 Å². The summed E-state index contributed by atoms with van der Waals surface area (Å²) >= 11 is 0. The summed E-state index contributed by atoms with van der Waals surface area (Å²) in [5.41, 5.74) is 0. The van der Waals surface area contributed by atoms with Crippen molar-refractivity contribution in [2.75, 3.05) is 26.7 Å². The van der Waals surface area contributed by atoms with Crippen molar-refractivity contribution in [3.63, 3.8) is 0 Å². The van der Waals surface area contributed by atoms with Crippen LogP contribution in [0.5, 0.6) is 0 Å². The van der Waals surface area contributed by atoms with E-state index in [4.69, 9.17) is 0 Å². The zero-order valence-electron chi connectivity index (χ0n) is 15.5. The van der Waals surface area contributed by atoms with Crippen LogP contribution in [-0.4, -0.2) is 60.7 Å². The van der Waals surface area contributed by atoms with Gasteiger partial charge in [0.05, 0.1) is 6.10 Å². The van der Waals surface area contributed by atoms with E-state index < -0.39 is 0 Å². The minimum atomic E-state index is -0.180. The Labute approximate surface area is 151 Å². The second-order valence-electron chi connectivity index (χ2n) is 7.96. The van der Waals surface area contributed by atoms with Crippen molar-refractivity contribution in [2.24, 2.45) is 16.8 Å². The molecule has 3 aliphatic rings. The summed E-state index contributed by atoms with van der Waals surface area (Å²) in [5.74, 6) is 1.73. The van der Waals surface area contributed by atoms with E-state index >= 15 is 0 Å². The first kappa shape index (κ1) is 18.5. The quantitative estimate of drug-likeness (QED) is 0.530. The molecule has 1 saturated heterocycles. The predicted molar refractivity (Wildman–Crippen MR) is 99.4 cm³/mol. The molecule has 3 atom stereocenters. The monoisotopic (exact) mass is 350 g/mol. The fourth-order valence-corrected chi connectivity index (χ4v) is 4.56. The highest BCUT2D eigenvalue weighted by molar-refractivity contribution is 5.81. The minimum absolute atomic E-state index is 0.180. The van der Waals surface area contributed by atoms with Gasteiger partial charge in [-0.3, -0.25) is 9.79 Å². The zero-order chi connectivity index (χ0) is 17.6. The number of likely N-dealkylation sites (tertiary alicyclic amines) is 1. The van der Waals surface area contributed by atoms with Crippen LogP contribution in [0.25, 0.3) is 0 Å². The molecule has 6 heteroatoms. The van der Waals surface area contributed by atoms with Crippen molar-refractivity contribution < 1.29 is 9.90 Å². The number of amides is 1. The molecule has 0 radical (unpaired) electrons. The number of hydrogen-bond donors (Lipinski definition) is 3. The second kappa shape index (κ2) is 8.88. The highest BCUT2D eigenvalue weighted by Gasteiger charge is 2.32. The molecule has 1 amide bonds. The number of carbonyl (C=O) groups excluding carboxylic acids is 1. The van der Waals surface area contributed by atoms with Gasteiger partial charge in [-0.25, -0.2) is 0 Å². The maximum Gasteiger partial charge on any atom is 0.225 e. The van der Waals surface area contributed by atoms with Crippen LogP contribution in [0.15, 0.2) is 4.99 Å². The molecule has 3 rings (SSSR count). The molecule has 3 N–H and O–H groups in total. The Bertz CT molecular complexity index is 476. The van der Waals surface area contributed by atoms with E-state index in [1.165, 1.54) is 19.3 Å². The largest absolute Gasteiger partial charge is 0.393 e. The number of rotatable bonds is 4. The normalized spacial score (nSPS) is 31.4. The Hall–Kier alpha value is -1.30. The molecule has 0 aromatic rings. The predicted octanol–water partition coefficient (Wildman–Crippen LogP) is 1.49. The van der Waals surface area contributed by atoms with E-state index in [-0.39, 0.29) is 18.1 Å². The number of carbonyl (C=O) groups is 1. The Kier molecular flexibility index (Phi) is 6.57. The second-order valence-corrected chi connectivity index (χ2v) is 7.96. The van der Waals surface area contributed by atoms with E-state index in [2.05, 4.69) is 15.6 Å². The molecule has 0 aromatic heterocycles. The van der Waals surface area contributed by atoms with Gasteiger partial charge in [0.25, 0.3) is 0 Å². The maximum atomic E-state index is 12.7. The number of nitrogens with one attached hydrogen (secondary N) is 2. The number of nitrogens with zero attached hydrogens (tertiary/aromatic N) is 2. The van der Waals surface area contributed by atoms with Gasteiger partial charge in [0, 0.05) is 44.6 Å². The lowest BCUT2D eigenvalue weighted by Gasteiger charge is -2.26. The standard InChI is InChI=1S/C19H34N4O2/c1-20-19(21-12-15-8-5-9-17(15)24)22-16-10-11-23(13-16)18(25)14-6-3-2-4-7-14/h14-17,24H,2-13H2,1H3,(H2,20,21,22). The third-order valence-corrected chi connectivity index (χ3v) is 6.17. The smallest absolute Gasteiger partial charge is 0.225 e. The highest BCUT2D eigenvalue weighted by atomic mass is 16.3. The van der Waals surface area contributed by atoms with E-state index in [9.17, 15) is 9.90 Å². The Morgan fingerprint density at radius 3 is 2.60 bits per heavy atom. The summed E-state index contributed by atoms with van der Waals surface area (Å²) in [7, 11) is 1.78. The minimum Gasteiger partial charge on any atom is -0.393 e. The molecule has 25 heavy (non-hydrogen) atoms. The maximum absolute atomic E-state index is 12.7. The van der Waals surface area contributed by atoms with Crippen LogP contribution in [-0.2, 0) is 4.79 Å². The summed E-state index contributed by atoms with van der Waals surface area (Å²) in [6.07, 6.45) is 9.74. The first-order valence-corrected chi connectivity index (χ1v) is 10.1. The SMILES string of the molecule is CN=C(NCC1CCCC1O)NC1CCN(C(=O)C2CCCCC2)C1. The van der Waals surface area contributed by atoms with Crippen molar-refractivity contribution in [1.29, 1.82) is 0 Å². The summed E-state index contributed by atoms with van der Waals surface area (Å²) in [6, 6.07) is 0.271. The number of aliphatic hydroxyl groups is 1. The molecule has 1 heterocycles. The number of guanidine groups is 1. The Balaban J connectivity index is 1.42. The highest BCUT2D eigenvalue weighted by Crippen LogP contribution is 2.27. The fourth-order valence-electron chi connectivity index (χ4n) is 4.56. The van der Waals surface area contributed by atoms with Crippen LogP contribution in [0.1, 0.15) is 57.8 Å². The molecule has 2 saturated carbocycles.